The highest BCUT2D eigenvalue weighted by Crippen LogP contribution is 2.24. The Morgan fingerprint density at radius 2 is 2.00 bits per heavy atom. The molecule has 0 fully saturated rings. The number of aliphatic hydroxyl groups excluding tert-OH is 1. The van der Waals surface area contributed by atoms with Crippen LogP contribution in [0.15, 0.2) is 0 Å². The predicted molar refractivity (Wildman–Crippen MR) is 56.8 cm³/mol. The molecule has 0 unspecified atom stereocenters. The van der Waals surface area contributed by atoms with E-state index in [1.807, 2.05) is 0 Å². The molecule has 0 aliphatic rings. The first-order valence-electron chi connectivity index (χ1n) is 5.20. The Bertz CT molecular complexity index is 159. The van der Waals surface area contributed by atoms with Gasteiger partial charge in [-0.2, -0.15) is 0 Å². The zero-order chi connectivity index (χ0) is 11.0. The Morgan fingerprint density at radius 3 is 2.36 bits per heavy atom. The zero-order valence-electron chi connectivity index (χ0n) is 9.18. The van der Waals surface area contributed by atoms with E-state index in [1.54, 1.807) is 0 Å². The molecule has 14 heavy (non-hydrogen) atoms. The molecule has 0 bridgehead atoms. The minimum atomic E-state index is -0.292. The lowest BCUT2D eigenvalue weighted by atomic mass is 9.83. The molecular weight excluding hydrogens is 180 g/mol. The maximum atomic E-state index is 10.5. The van der Waals surface area contributed by atoms with Crippen LogP contribution in [0.2, 0.25) is 0 Å². The molecule has 0 radical (unpaired) electrons. The average molecular weight is 202 g/mol. The van der Waals surface area contributed by atoms with E-state index >= 15 is 0 Å². The first kappa shape index (κ1) is 13.4. The van der Waals surface area contributed by atoms with Gasteiger partial charge in [-0.25, -0.2) is 0 Å². The van der Waals surface area contributed by atoms with Gasteiger partial charge in [0.15, 0.2) is 0 Å². The molecule has 0 saturated carbocycles. The maximum Gasteiger partial charge on any atom is 0.218 e. The van der Waals surface area contributed by atoms with Crippen molar-refractivity contribution in [3.05, 3.63) is 0 Å². The topological polar surface area (TPSA) is 75.3 Å². The number of nitrogens with two attached hydrogens (primary N) is 1. The van der Waals surface area contributed by atoms with Gasteiger partial charge < -0.3 is 16.2 Å². The summed E-state index contributed by atoms with van der Waals surface area (Å²) in [4.78, 5) is 10.5. The Balaban J connectivity index is 3.77. The lowest BCUT2D eigenvalue weighted by Crippen LogP contribution is -2.37. The number of rotatable bonds is 8. The molecule has 0 spiro atoms. The summed E-state index contributed by atoms with van der Waals surface area (Å²) in [6, 6.07) is 0. The third-order valence-corrected chi connectivity index (χ3v) is 2.88. The quantitative estimate of drug-likeness (QED) is 0.494. The second kappa shape index (κ2) is 6.79. The Labute approximate surface area is 85.9 Å². The van der Waals surface area contributed by atoms with Gasteiger partial charge in [-0.05, 0) is 12.8 Å². The van der Waals surface area contributed by atoms with Crippen molar-refractivity contribution < 1.29 is 9.90 Å². The molecule has 0 aromatic heterocycles. The van der Waals surface area contributed by atoms with Crippen LogP contribution in [-0.4, -0.2) is 30.7 Å². The first-order valence-corrected chi connectivity index (χ1v) is 5.20. The summed E-state index contributed by atoms with van der Waals surface area (Å²) in [5.74, 6) is -0.292. The van der Waals surface area contributed by atoms with Gasteiger partial charge >= 0.3 is 0 Å². The largest absolute Gasteiger partial charge is 0.396 e. The summed E-state index contributed by atoms with van der Waals surface area (Å²) in [6.45, 7) is 5.65. The zero-order valence-corrected chi connectivity index (χ0v) is 9.18. The second-order valence-corrected chi connectivity index (χ2v) is 3.76. The summed E-state index contributed by atoms with van der Waals surface area (Å²) in [5.41, 5.74) is 4.97. The van der Waals surface area contributed by atoms with Crippen molar-refractivity contribution in [1.82, 2.24) is 5.32 Å². The Hall–Kier alpha value is -0.610. The van der Waals surface area contributed by atoms with Crippen molar-refractivity contribution in [2.45, 2.75) is 33.1 Å². The van der Waals surface area contributed by atoms with E-state index in [9.17, 15) is 9.90 Å². The molecule has 0 aromatic rings. The Kier molecular flexibility index (Phi) is 6.49. The summed E-state index contributed by atoms with van der Waals surface area (Å²) < 4.78 is 0. The standard InChI is InChI=1S/C10H22N2O2/c1-3-10(4-2,8-13)7-12-6-5-9(11)14/h12-13H,3-8H2,1-2H3,(H2,11,14). The minimum absolute atomic E-state index is 0.0440. The van der Waals surface area contributed by atoms with Crippen LogP contribution < -0.4 is 11.1 Å². The third-order valence-electron chi connectivity index (χ3n) is 2.88. The van der Waals surface area contributed by atoms with E-state index in [4.69, 9.17) is 5.73 Å². The van der Waals surface area contributed by atoms with Crippen LogP contribution in [0.1, 0.15) is 33.1 Å². The third kappa shape index (κ3) is 4.58. The number of primary amides is 1. The predicted octanol–water partition coefficient (Wildman–Crippen LogP) is 0.250. The molecular formula is C10H22N2O2. The van der Waals surface area contributed by atoms with Crippen LogP contribution in [-0.2, 0) is 4.79 Å². The normalized spacial score (nSPS) is 11.6. The molecule has 1 amide bonds. The summed E-state index contributed by atoms with van der Waals surface area (Å²) >= 11 is 0. The van der Waals surface area contributed by atoms with Crippen LogP contribution in [0.4, 0.5) is 0 Å². The minimum Gasteiger partial charge on any atom is -0.396 e. The molecule has 0 rings (SSSR count). The van der Waals surface area contributed by atoms with Crippen LogP contribution in [0.3, 0.4) is 0 Å². The summed E-state index contributed by atoms with van der Waals surface area (Å²) in [6.07, 6.45) is 2.22. The monoisotopic (exact) mass is 202 g/mol. The highest BCUT2D eigenvalue weighted by atomic mass is 16.3. The molecule has 0 aromatic carbocycles. The van der Waals surface area contributed by atoms with Crippen molar-refractivity contribution >= 4 is 5.91 Å². The van der Waals surface area contributed by atoms with Crippen LogP contribution >= 0.6 is 0 Å². The van der Waals surface area contributed by atoms with Crippen LogP contribution in [0.5, 0.6) is 0 Å². The molecule has 0 aliphatic carbocycles. The smallest absolute Gasteiger partial charge is 0.218 e. The van der Waals surface area contributed by atoms with Crippen molar-refractivity contribution in [2.24, 2.45) is 11.1 Å². The SMILES string of the molecule is CCC(CC)(CO)CNCCC(N)=O. The number of amides is 1. The number of carbonyl (C=O) groups excluding carboxylic acids is 1. The first-order chi connectivity index (χ1) is 6.60. The summed E-state index contributed by atoms with van der Waals surface area (Å²) in [7, 11) is 0. The molecule has 84 valence electrons. The van der Waals surface area contributed by atoms with E-state index < -0.39 is 0 Å². The highest BCUT2D eigenvalue weighted by molar-refractivity contribution is 5.73. The summed E-state index contributed by atoms with van der Waals surface area (Å²) in [5, 5.41) is 12.4. The van der Waals surface area contributed by atoms with Gasteiger partial charge in [-0.1, -0.05) is 13.8 Å². The van der Waals surface area contributed by atoms with Crippen molar-refractivity contribution in [1.29, 1.82) is 0 Å². The van der Waals surface area contributed by atoms with E-state index in [1.165, 1.54) is 0 Å². The number of nitrogens with one attached hydrogen (secondary N) is 1. The lowest BCUT2D eigenvalue weighted by Gasteiger charge is -2.29. The van der Waals surface area contributed by atoms with Gasteiger partial charge in [-0.15, -0.1) is 0 Å². The maximum absolute atomic E-state index is 10.5. The lowest BCUT2D eigenvalue weighted by molar-refractivity contribution is -0.117. The number of hydrogen-bond donors (Lipinski definition) is 3. The van der Waals surface area contributed by atoms with Gasteiger partial charge in [0.1, 0.15) is 0 Å². The Morgan fingerprint density at radius 1 is 1.43 bits per heavy atom. The van der Waals surface area contributed by atoms with Gasteiger partial charge in [0, 0.05) is 31.5 Å². The fraction of sp³-hybridized carbons (Fsp3) is 0.900. The second-order valence-electron chi connectivity index (χ2n) is 3.76. The fourth-order valence-corrected chi connectivity index (χ4v) is 1.34. The van der Waals surface area contributed by atoms with Crippen LogP contribution in [0.25, 0.3) is 0 Å². The van der Waals surface area contributed by atoms with E-state index in [0.29, 0.717) is 13.0 Å². The molecule has 0 heterocycles. The van der Waals surface area contributed by atoms with Crippen LogP contribution in [0, 0.1) is 5.41 Å². The van der Waals surface area contributed by atoms with E-state index in [0.717, 1.165) is 19.4 Å². The highest BCUT2D eigenvalue weighted by Gasteiger charge is 2.24. The van der Waals surface area contributed by atoms with Gasteiger partial charge in [0.2, 0.25) is 5.91 Å². The van der Waals surface area contributed by atoms with E-state index in [-0.39, 0.29) is 17.9 Å². The van der Waals surface area contributed by atoms with Crippen molar-refractivity contribution in [3.8, 4) is 0 Å². The molecule has 4 heteroatoms. The molecule has 0 atom stereocenters. The van der Waals surface area contributed by atoms with Crippen molar-refractivity contribution in [3.63, 3.8) is 0 Å². The molecule has 0 saturated heterocycles. The van der Waals surface area contributed by atoms with Crippen molar-refractivity contribution in [2.75, 3.05) is 19.7 Å². The van der Waals surface area contributed by atoms with Gasteiger partial charge in [0.25, 0.3) is 0 Å². The number of aliphatic hydroxyl groups is 1. The molecule has 4 N–H and O–H groups in total. The number of hydrogen-bond acceptors (Lipinski definition) is 3. The molecule has 0 aliphatic heterocycles. The molecule has 4 nitrogen and oxygen atoms in total. The average Bonchev–Trinajstić information content (AvgIpc) is 2.19. The fourth-order valence-electron chi connectivity index (χ4n) is 1.34. The number of carbonyl (C=O) groups is 1. The van der Waals surface area contributed by atoms with E-state index in [2.05, 4.69) is 19.2 Å². The van der Waals surface area contributed by atoms with Gasteiger partial charge in [-0.3, -0.25) is 4.79 Å². The van der Waals surface area contributed by atoms with Gasteiger partial charge in [0.05, 0.1) is 0 Å².